The fourth-order valence-corrected chi connectivity index (χ4v) is 3.93. The number of aliphatic imine (C=N–C) groups is 1. The van der Waals surface area contributed by atoms with Gasteiger partial charge in [-0.1, -0.05) is 30.7 Å². The standard InChI is InChI=1S/C14H16F2N2S/c15-10-4-3-5-11(12(10)16)18-13-17-8-14(9-19-13)6-1-2-7-14/h3-5H,1-2,6-9H2,(H,17,18). The van der Waals surface area contributed by atoms with Crippen LogP contribution in [0.2, 0.25) is 0 Å². The summed E-state index contributed by atoms with van der Waals surface area (Å²) < 4.78 is 26.7. The van der Waals surface area contributed by atoms with E-state index in [0.29, 0.717) is 10.6 Å². The van der Waals surface area contributed by atoms with E-state index in [-0.39, 0.29) is 5.69 Å². The predicted octanol–water partition coefficient (Wildman–Crippen LogP) is 4.04. The van der Waals surface area contributed by atoms with Gasteiger partial charge < -0.3 is 5.32 Å². The third-order valence-electron chi connectivity index (χ3n) is 3.93. The van der Waals surface area contributed by atoms with Crippen LogP contribution in [0.3, 0.4) is 0 Å². The van der Waals surface area contributed by atoms with Gasteiger partial charge in [0, 0.05) is 12.3 Å². The van der Waals surface area contributed by atoms with E-state index in [0.717, 1.165) is 18.4 Å². The number of hydrogen-bond donors (Lipinski definition) is 1. The molecule has 5 heteroatoms. The molecule has 0 aromatic heterocycles. The molecule has 1 spiro atoms. The number of hydrogen-bond acceptors (Lipinski definition) is 3. The second kappa shape index (κ2) is 5.12. The largest absolute Gasteiger partial charge is 0.333 e. The van der Waals surface area contributed by atoms with Gasteiger partial charge in [-0.15, -0.1) is 0 Å². The molecule has 2 nitrogen and oxygen atoms in total. The number of rotatable bonds is 1. The summed E-state index contributed by atoms with van der Waals surface area (Å²) in [6.45, 7) is 0.805. The van der Waals surface area contributed by atoms with Gasteiger partial charge >= 0.3 is 0 Å². The van der Waals surface area contributed by atoms with E-state index < -0.39 is 11.6 Å². The number of nitrogens with one attached hydrogen (secondary N) is 1. The van der Waals surface area contributed by atoms with Gasteiger partial charge in [0.25, 0.3) is 0 Å². The number of amidine groups is 1. The third-order valence-corrected chi connectivity index (χ3v) is 5.19. The molecule has 1 N–H and O–H groups in total. The average molecular weight is 282 g/mol. The maximum Gasteiger partial charge on any atom is 0.182 e. The lowest BCUT2D eigenvalue weighted by Crippen LogP contribution is -2.30. The number of anilines is 1. The van der Waals surface area contributed by atoms with Crippen molar-refractivity contribution in [1.82, 2.24) is 0 Å². The summed E-state index contributed by atoms with van der Waals surface area (Å²) in [4.78, 5) is 4.51. The van der Waals surface area contributed by atoms with Gasteiger partial charge in [-0.25, -0.2) is 8.78 Å². The van der Waals surface area contributed by atoms with Crippen LogP contribution in [0.1, 0.15) is 25.7 Å². The molecule has 3 rings (SSSR count). The van der Waals surface area contributed by atoms with Crippen LogP contribution in [0.15, 0.2) is 23.2 Å². The first kappa shape index (κ1) is 12.9. The van der Waals surface area contributed by atoms with E-state index in [9.17, 15) is 8.78 Å². The molecular weight excluding hydrogens is 266 g/mol. The van der Waals surface area contributed by atoms with Gasteiger partial charge in [-0.3, -0.25) is 4.99 Å². The van der Waals surface area contributed by atoms with Crippen molar-refractivity contribution in [3.8, 4) is 0 Å². The van der Waals surface area contributed by atoms with Crippen LogP contribution < -0.4 is 5.32 Å². The molecule has 2 aliphatic rings. The van der Waals surface area contributed by atoms with Crippen LogP contribution in [-0.4, -0.2) is 17.5 Å². The van der Waals surface area contributed by atoms with Crippen molar-refractivity contribution in [2.24, 2.45) is 10.4 Å². The number of nitrogens with zero attached hydrogens (tertiary/aromatic N) is 1. The molecule has 0 unspecified atom stereocenters. The van der Waals surface area contributed by atoms with Crippen molar-refractivity contribution < 1.29 is 8.78 Å². The van der Waals surface area contributed by atoms with E-state index in [1.54, 1.807) is 11.8 Å². The van der Waals surface area contributed by atoms with Gasteiger partial charge in [0.15, 0.2) is 16.8 Å². The SMILES string of the molecule is Fc1cccc(NC2=NCC3(CCCC3)CS2)c1F. The van der Waals surface area contributed by atoms with E-state index in [4.69, 9.17) is 0 Å². The number of halogens is 2. The van der Waals surface area contributed by atoms with Crippen LogP contribution in [0.25, 0.3) is 0 Å². The van der Waals surface area contributed by atoms with Crippen LogP contribution in [0.4, 0.5) is 14.5 Å². The fraction of sp³-hybridized carbons (Fsp3) is 0.500. The maximum absolute atomic E-state index is 13.5. The summed E-state index contributed by atoms with van der Waals surface area (Å²) in [5.41, 5.74) is 0.518. The van der Waals surface area contributed by atoms with Crippen LogP contribution in [0, 0.1) is 17.0 Å². The second-order valence-corrected chi connectivity index (χ2v) is 6.31. The Balaban J connectivity index is 1.71. The Hall–Kier alpha value is -1.10. The molecule has 1 fully saturated rings. The molecule has 1 aromatic carbocycles. The highest BCUT2D eigenvalue weighted by atomic mass is 32.2. The second-order valence-electron chi connectivity index (χ2n) is 5.34. The quantitative estimate of drug-likeness (QED) is 0.840. The van der Waals surface area contributed by atoms with Crippen molar-refractivity contribution in [3.05, 3.63) is 29.8 Å². The van der Waals surface area contributed by atoms with Crippen molar-refractivity contribution >= 4 is 22.6 Å². The Kier molecular flexibility index (Phi) is 3.48. The van der Waals surface area contributed by atoms with Gasteiger partial charge in [-0.2, -0.15) is 0 Å². The molecule has 0 bridgehead atoms. The van der Waals surface area contributed by atoms with Crippen molar-refractivity contribution in [2.45, 2.75) is 25.7 Å². The lowest BCUT2D eigenvalue weighted by molar-refractivity contribution is 0.359. The first-order valence-corrected chi connectivity index (χ1v) is 7.55. The van der Waals surface area contributed by atoms with Crippen LogP contribution in [-0.2, 0) is 0 Å². The highest BCUT2D eigenvalue weighted by molar-refractivity contribution is 8.14. The third kappa shape index (κ3) is 2.61. The number of benzene rings is 1. The molecule has 1 heterocycles. The zero-order valence-electron chi connectivity index (χ0n) is 10.6. The monoisotopic (exact) mass is 282 g/mol. The Labute approximate surface area is 115 Å². The van der Waals surface area contributed by atoms with Gasteiger partial charge in [0.2, 0.25) is 0 Å². The van der Waals surface area contributed by atoms with Crippen molar-refractivity contribution in [1.29, 1.82) is 0 Å². The molecule has 0 amide bonds. The predicted molar refractivity (Wildman–Crippen MR) is 75.6 cm³/mol. The topological polar surface area (TPSA) is 24.4 Å². The number of thioether (sulfide) groups is 1. The molecule has 19 heavy (non-hydrogen) atoms. The molecule has 1 aliphatic heterocycles. The maximum atomic E-state index is 13.5. The first-order valence-electron chi connectivity index (χ1n) is 6.57. The summed E-state index contributed by atoms with van der Waals surface area (Å²) in [7, 11) is 0. The molecule has 1 aromatic rings. The highest BCUT2D eigenvalue weighted by Crippen LogP contribution is 2.43. The summed E-state index contributed by atoms with van der Waals surface area (Å²) in [5.74, 6) is -0.652. The Morgan fingerprint density at radius 2 is 2.00 bits per heavy atom. The lowest BCUT2D eigenvalue weighted by atomic mass is 9.89. The zero-order chi connectivity index (χ0) is 13.3. The highest BCUT2D eigenvalue weighted by Gasteiger charge is 2.36. The normalized spacial score (nSPS) is 21.5. The van der Waals surface area contributed by atoms with E-state index in [1.165, 1.54) is 37.8 Å². The lowest BCUT2D eigenvalue weighted by Gasteiger charge is -2.31. The smallest absolute Gasteiger partial charge is 0.182 e. The van der Waals surface area contributed by atoms with Crippen LogP contribution in [0.5, 0.6) is 0 Å². The van der Waals surface area contributed by atoms with E-state index >= 15 is 0 Å². The molecule has 1 aliphatic carbocycles. The van der Waals surface area contributed by atoms with Gasteiger partial charge in [0.1, 0.15) is 0 Å². The van der Waals surface area contributed by atoms with E-state index in [2.05, 4.69) is 10.3 Å². The minimum absolute atomic E-state index is 0.161. The average Bonchev–Trinajstić information content (AvgIpc) is 2.86. The Morgan fingerprint density at radius 1 is 1.21 bits per heavy atom. The summed E-state index contributed by atoms with van der Waals surface area (Å²) in [6, 6.07) is 4.14. The Morgan fingerprint density at radius 3 is 2.68 bits per heavy atom. The molecule has 0 saturated heterocycles. The molecule has 0 atom stereocenters. The molecule has 102 valence electrons. The zero-order valence-corrected chi connectivity index (χ0v) is 11.4. The molecular formula is C14H16F2N2S. The molecule has 1 saturated carbocycles. The minimum atomic E-state index is -0.841. The first-order chi connectivity index (χ1) is 9.19. The van der Waals surface area contributed by atoms with Gasteiger partial charge in [0.05, 0.1) is 5.69 Å². The summed E-state index contributed by atoms with van der Waals surface area (Å²) in [6.07, 6.45) is 5.06. The van der Waals surface area contributed by atoms with Crippen molar-refractivity contribution in [2.75, 3.05) is 17.6 Å². The summed E-state index contributed by atoms with van der Waals surface area (Å²) in [5, 5.41) is 3.59. The van der Waals surface area contributed by atoms with Crippen molar-refractivity contribution in [3.63, 3.8) is 0 Å². The molecule has 0 radical (unpaired) electrons. The Bertz CT molecular complexity index is 510. The minimum Gasteiger partial charge on any atom is -0.333 e. The van der Waals surface area contributed by atoms with E-state index in [1.807, 2.05) is 0 Å². The summed E-state index contributed by atoms with van der Waals surface area (Å²) >= 11 is 1.62. The van der Waals surface area contributed by atoms with Gasteiger partial charge in [-0.05, 0) is 30.4 Å². The van der Waals surface area contributed by atoms with Crippen LogP contribution >= 0.6 is 11.8 Å². The fourth-order valence-electron chi connectivity index (χ4n) is 2.77.